The zero-order chi connectivity index (χ0) is 22.2. The van der Waals surface area contributed by atoms with E-state index in [-0.39, 0.29) is 30.5 Å². The maximum Gasteiger partial charge on any atom is 0.270 e. The van der Waals surface area contributed by atoms with E-state index in [4.69, 9.17) is 9.47 Å². The lowest BCUT2D eigenvalue weighted by Gasteiger charge is -2.29. The molecule has 7 nitrogen and oxygen atoms in total. The Morgan fingerprint density at radius 3 is 2.35 bits per heavy atom. The van der Waals surface area contributed by atoms with Crippen LogP contribution in [0.1, 0.15) is 66.5 Å². The standard InChI is InChI=1S/C23H31N3O4S/c1-15(2)16-4-10-19(11-5-16)30-13-22-26-20(14-31-22)23(28)25-18-8-6-17(7-9-18)24-21(27)12-29-3/h4-5,10-11,14-15,17-18H,6-9,12-13H2,1-3H3,(H,24,27)(H,25,28). The summed E-state index contributed by atoms with van der Waals surface area (Å²) in [5.74, 6) is 1.03. The number of methoxy groups -OCH3 is 1. The Bertz CT molecular complexity index is 858. The molecule has 0 bridgehead atoms. The molecule has 0 spiro atoms. The van der Waals surface area contributed by atoms with E-state index in [1.165, 1.54) is 24.0 Å². The van der Waals surface area contributed by atoms with Gasteiger partial charge in [-0.05, 0) is 49.3 Å². The van der Waals surface area contributed by atoms with Gasteiger partial charge in [0, 0.05) is 24.6 Å². The van der Waals surface area contributed by atoms with Gasteiger partial charge in [-0.3, -0.25) is 9.59 Å². The third-order valence-electron chi connectivity index (χ3n) is 5.40. The summed E-state index contributed by atoms with van der Waals surface area (Å²) in [5, 5.41) is 8.57. The van der Waals surface area contributed by atoms with E-state index in [0.29, 0.717) is 18.2 Å². The van der Waals surface area contributed by atoms with Gasteiger partial charge < -0.3 is 20.1 Å². The third-order valence-corrected chi connectivity index (χ3v) is 6.22. The molecule has 1 saturated carbocycles. The quantitative estimate of drug-likeness (QED) is 0.615. The van der Waals surface area contributed by atoms with Crippen molar-refractivity contribution in [1.82, 2.24) is 15.6 Å². The van der Waals surface area contributed by atoms with Crippen molar-refractivity contribution < 1.29 is 19.1 Å². The van der Waals surface area contributed by atoms with Crippen LogP contribution in [0.15, 0.2) is 29.6 Å². The highest BCUT2D eigenvalue weighted by Crippen LogP contribution is 2.21. The van der Waals surface area contributed by atoms with Crippen LogP contribution in [0.4, 0.5) is 0 Å². The normalized spacial score (nSPS) is 18.6. The summed E-state index contributed by atoms with van der Waals surface area (Å²) >= 11 is 1.42. The second-order valence-electron chi connectivity index (χ2n) is 8.16. The highest BCUT2D eigenvalue weighted by molar-refractivity contribution is 7.09. The summed E-state index contributed by atoms with van der Waals surface area (Å²) in [7, 11) is 1.51. The zero-order valence-corrected chi connectivity index (χ0v) is 19.2. The number of aromatic nitrogens is 1. The molecule has 2 N–H and O–H groups in total. The van der Waals surface area contributed by atoms with Crippen molar-refractivity contribution in [3.8, 4) is 5.75 Å². The Hall–Kier alpha value is -2.45. The molecule has 168 valence electrons. The first-order valence-electron chi connectivity index (χ1n) is 10.7. The number of ether oxygens (including phenoxy) is 2. The number of nitrogens with one attached hydrogen (secondary N) is 2. The number of carbonyl (C=O) groups excluding carboxylic acids is 2. The minimum Gasteiger partial charge on any atom is -0.486 e. The number of rotatable bonds is 9. The van der Waals surface area contributed by atoms with Crippen molar-refractivity contribution in [3.63, 3.8) is 0 Å². The number of thiazole rings is 1. The van der Waals surface area contributed by atoms with Gasteiger partial charge in [-0.2, -0.15) is 0 Å². The molecular weight excluding hydrogens is 414 g/mol. The van der Waals surface area contributed by atoms with E-state index in [9.17, 15) is 9.59 Å². The van der Waals surface area contributed by atoms with Gasteiger partial charge in [-0.1, -0.05) is 26.0 Å². The summed E-state index contributed by atoms with van der Waals surface area (Å²) in [5.41, 5.74) is 1.70. The molecule has 1 aliphatic carbocycles. The largest absolute Gasteiger partial charge is 0.486 e. The minimum atomic E-state index is -0.157. The van der Waals surface area contributed by atoms with Crippen LogP contribution >= 0.6 is 11.3 Å². The molecule has 1 aliphatic rings. The predicted octanol–water partition coefficient (Wildman–Crippen LogP) is 3.65. The molecule has 1 fully saturated rings. The Labute approximate surface area is 187 Å². The van der Waals surface area contributed by atoms with Crippen LogP contribution in [-0.2, 0) is 16.1 Å². The number of hydrogen-bond donors (Lipinski definition) is 2. The first-order valence-corrected chi connectivity index (χ1v) is 11.6. The number of amides is 2. The first kappa shape index (κ1) is 23.2. The van der Waals surface area contributed by atoms with Gasteiger partial charge in [0.25, 0.3) is 5.91 Å². The van der Waals surface area contributed by atoms with E-state index in [0.717, 1.165) is 36.4 Å². The van der Waals surface area contributed by atoms with Gasteiger partial charge in [0.15, 0.2) is 0 Å². The fourth-order valence-electron chi connectivity index (χ4n) is 3.62. The van der Waals surface area contributed by atoms with Crippen LogP contribution in [0.3, 0.4) is 0 Å². The van der Waals surface area contributed by atoms with Crippen LogP contribution in [0.25, 0.3) is 0 Å². The lowest BCUT2D eigenvalue weighted by atomic mass is 9.91. The molecule has 2 aromatic rings. The minimum absolute atomic E-state index is 0.0792. The van der Waals surface area contributed by atoms with Gasteiger partial charge in [0.2, 0.25) is 5.91 Å². The van der Waals surface area contributed by atoms with Crippen molar-refractivity contribution in [2.45, 2.75) is 64.1 Å². The Morgan fingerprint density at radius 1 is 1.10 bits per heavy atom. The molecule has 8 heteroatoms. The third kappa shape index (κ3) is 7.04. The maximum absolute atomic E-state index is 12.6. The molecule has 0 aliphatic heterocycles. The topological polar surface area (TPSA) is 89.6 Å². The monoisotopic (exact) mass is 445 g/mol. The van der Waals surface area contributed by atoms with Crippen molar-refractivity contribution in [3.05, 3.63) is 45.9 Å². The van der Waals surface area contributed by atoms with Crippen molar-refractivity contribution in [1.29, 1.82) is 0 Å². The lowest BCUT2D eigenvalue weighted by molar-refractivity contribution is -0.125. The Kier molecular flexibility index (Phi) is 8.43. The van der Waals surface area contributed by atoms with E-state index in [1.54, 1.807) is 5.38 Å². The van der Waals surface area contributed by atoms with Crippen LogP contribution in [0.2, 0.25) is 0 Å². The summed E-state index contributed by atoms with van der Waals surface area (Å²) in [6, 6.07) is 8.31. The Balaban J connectivity index is 1.42. The first-order chi connectivity index (χ1) is 14.9. The van der Waals surface area contributed by atoms with E-state index in [1.807, 2.05) is 12.1 Å². The molecule has 0 unspecified atom stereocenters. The lowest BCUT2D eigenvalue weighted by Crippen LogP contribution is -2.44. The fraction of sp³-hybridized carbons (Fsp3) is 0.522. The molecular formula is C23H31N3O4S. The molecule has 2 amide bonds. The smallest absolute Gasteiger partial charge is 0.270 e. The average Bonchev–Trinajstić information content (AvgIpc) is 3.23. The van der Waals surface area contributed by atoms with Crippen LogP contribution in [0.5, 0.6) is 5.75 Å². The van der Waals surface area contributed by atoms with Crippen molar-refractivity contribution in [2.75, 3.05) is 13.7 Å². The number of benzene rings is 1. The summed E-state index contributed by atoms with van der Waals surface area (Å²) in [4.78, 5) is 28.6. The predicted molar refractivity (Wildman–Crippen MR) is 121 cm³/mol. The molecule has 1 heterocycles. The molecule has 1 aromatic heterocycles. The van der Waals surface area contributed by atoms with E-state index in [2.05, 4.69) is 41.6 Å². The summed E-state index contributed by atoms with van der Waals surface area (Å²) in [6.45, 7) is 4.73. The van der Waals surface area contributed by atoms with Crippen molar-refractivity contribution >= 4 is 23.2 Å². The fourth-order valence-corrected chi connectivity index (χ4v) is 4.30. The van der Waals surface area contributed by atoms with Gasteiger partial charge in [-0.15, -0.1) is 11.3 Å². The van der Waals surface area contributed by atoms with Crippen LogP contribution < -0.4 is 15.4 Å². The Morgan fingerprint density at radius 2 is 1.74 bits per heavy atom. The second-order valence-corrected chi connectivity index (χ2v) is 9.10. The number of nitrogens with zero attached hydrogens (tertiary/aromatic N) is 1. The van der Waals surface area contributed by atoms with E-state index < -0.39 is 0 Å². The van der Waals surface area contributed by atoms with Crippen LogP contribution in [-0.4, -0.2) is 42.6 Å². The average molecular weight is 446 g/mol. The maximum atomic E-state index is 12.6. The zero-order valence-electron chi connectivity index (χ0n) is 18.3. The highest BCUT2D eigenvalue weighted by Gasteiger charge is 2.24. The highest BCUT2D eigenvalue weighted by atomic mass is 32.1. The molecule has 0 radical (unpaired) electrons. The number of hydrogen-bond acceptors (Lipinski definition) is 6. The van der Waals surface area contributed by atoms with E-state index >= 15 is 0 Å². The molecule has 31 heavy (non-hydrogen) atoms. The van der Waals surface area contributed by atoms with Crippen LogP contribution in [0, 0.1) is 0 Å². The van der Waals surface area contributed by atoms with Crippen molar-refractivity contribution in [2.24, 2.45) is 0 Å². The van der Waals surface area contributed by atoms with Gasteiger partial charge in [0.05, 0.1) is 0 Å². The van der Waals surface area contributed by atoms with Gasteiger partial charge >= 0.3 is 0 Å². The molecule has 1 aromatic carbocycles. The van der Waals surface area contributed by atoms with Gasteiger partial charge in [0.1, 0.15) is 29.7 Å². The van der Waals surface area contributed by atoms with Gasteiger partial charge in [-0.25, -0.2) is 4.98 Å². The number of carbonyl (C=O) groups is 2. The second kappa shape index (κ2) is 11.2. The SMILES string of the molecule is COCC(=O)NC1CCC(NC(=O)c2csc(COc3ccc(C(C)C)cc3)n2)CC1. The summed E-state index contributed by atoms with van der Waals surface area (Å²) < 4.78 is 10.6. The summed E-state index contributed by atoms with van der Waals surface area (Å²) in [6.07, 6.45) is 3.34. The molecule has 3 rings (SSSR count). The molecule has 0 saturated heterocycles. The molecule has 0 atom stereocenters.